The Morgan fingerprint density at radius 1 is 1.18 bits per heavy atom. The van der Waals surface area contributed by atoms with Crippen LogP contribution in [0.4, 0.5) is 0 Å². The van der Waals surface area contributed by atoms with Crippen LogP contribution in [0.5, 0.6) is 0 Å². The number of carbonyl (C=O) groups is 1. The van der Waals surface area contributed by atoms with Crippen LogP contribution in [0.1, 0.15) is 47.4 Å². The molecule has 1 aliphatic rings. The fourth-order valence-corrected chi connectivity index (χ4v) is 3.53. The molecule has 1 aromatic carbocycles. The lowest BCUT2D eigenvalue weighted by Crippen LogP contribution is -2.48. The number of fused-ring (bicyclic) bond motifs is 1. The molecule has 4 rings (SSSR count). The number of hydrogen-bond donors (Lipinski definition) is 1. The molecule has 0 saturated carbocycles. The monoisotopic (exact) mass is 402 g/mol. The molecule has 2 aromatic heterocycles. The van der Waals surface area contributed by atoms with E-state index in [0.29, 0.717) is 43.5 Å². The number of hydrazine groups is 1. The maximum Gasteiger partial charge on any atom is 0.301 e. The van der Waals surface area contributed by atoms with Gasteiger partial charge in [0.05, 0.1) is 13.2 Å². The maximum atomic E-state index is 12.4. The molecule has 0 bridgehead atoms. The summed E-state index contributed by atoms with van der Waals surface area (Å²) in [5.41, 5.74) is 4.59. The minimum absolute atomic E-state index is 0.260. The van der Waals surface area contributed by atoms with Gasteiger partial charge in [0.25, 0.3) is 0 Å². The fraction of sp³-hybridized carbons (Fsp3) is 0.381. The van der Waals surface area contributed by atoms with E-state index < -0.39 is 0 Å². The first-order valence-corrected chi connectivity index (χ1v) is 9.81. The molecule has 7 heteroatoms. The van der Waals surface area contributed by atoms with Crippen LogP contribution in [0, 0.1) is 0 Å². The van der Waals surface area contributed by atoms with Crippen LogP contribution < -0.4 is 5.43 Å². The Balaban J connectivity index is 1.52. The number of carbonyl (C=O) groups excluding carboxylic acids is 1. The molecule has 0 unspecified atom stereocenters. The molecule has 1 amide bonds. The second-order valence-electron chi connectivity index (χ2n) is 7.27. The third-order valence-corrected chi connectivity index (χ3v) is 4.99. The summed E-state index contributed by atoms with van der Waals surface area (Å²) in [6.07, 6.45) is 0.493. The number of nitrogens with zero attached hydrogens (tertiary/aromatic N) is 1. The summed E-state index contributed by atoms with van der Waals surface area (Å²) in [6.45, 7) is 6.72. The standard InChI is InChI=1S/C21H23ClN2O4/c1-13(2)19-12-15-10-16(22)9-14(20(15)28-19)11-17-3-4-18(27-17)21(25)23-24-5-7-26-8-6-24/h3-4,9-10,12-13H,5-8,11H2,1-2H3,(H,23,25). The second kappa shape index (κ2) is 7.99. The molecule has 1 fully saturated rings. The van der Waals surface area contributed by atoms with Crippen molar-refractivity contribution in [2.75, 3.05) is 26.3 Å². The Morgan fingerprint density at radius 2 is 1.96 bits per heavy atom. The van der Waals surface area contributed by atoms with Gasteiger partial charge >= 0.3 is 5.91 Å². The predicted octanol–water partition coefficient (Wildman–Crippen LogP) is 4.37. The quantitative estimate of drug-likeness (QED) is 0.686. The lowest BCUT2D eigenvalue weighted by atomic mass is 10.1. The molecule has 148 valence electrons. The van der Waals surface area contributed by atoms with Gasteiger partial charge in [-0.1, -0.05) is 25.4 Å². The van der Waals surface area contributed by atoms with Crippen molar-refractivity contribution >= 4 is 28.5 Å². The van der Waals surface area contributed by atoms with Crippen molar-refractivity contribution in [3.05, 3.63) is 58.2 Å². The summed E-state index contributed by atoms with van der Waals surface area (Å²) in [5.74, 6) is 1.91. The van der Waals surface area contributed by atoms with Crippen LogP contribution in [-0.4, -0.2) is 37.2 Å². The van der Waals surface area contributed by atoms with Gasteiger partial charge in [-0.3, -0.25) is 10.2 Å². The molecule has 1 aliphatic heterocycles. The van der Waals surface area contributed by atoms with Gasteiger partial charge in [0.2, 0.25) is 0 Å². The fourth-order valence-electron chi connectivity index (χ4n) is 3.28. The SMILES string of the molecule is CC(C)c1cc2cc(Cl)cc(Cc3ccc(C(=O)NN4CCOCC4)o3)c2o1. The van der Waals surface area contributed by atoms with E-state index in [0.717, 1.165) is 22.3 Å². The Kier molecular flexibility index (Phi) is 5.44. The van der Waals surface area contributed by atoms with Gasteiger partial charge in [0.1, 0.15) is 17.1 Å². The van der Waals surface area contributed by atoms with Gasteiger partial charge in [-0.15, -0.1) is 0 Å². The maximum absolute atomic E-state index is 12.4. The Labute approximate surface area is 168 Å². The molecular weight excluding hydrogens is 380 g/mol. The molecule has 28 heavy (non-hydrogen) atoms. The molecule has 0 spiro atoms. The summed E-state index contributed by atoms with van der Waals surface area (Å²) in [6, 6.07) is 9.31. The van der Waals surface area contributed by atoms with E-state index in [2.05, 4.69) is 19.3 Å². The zero-order valence-electron chi connectivity index (χ0n) is 16.0. The van der Waals surface area contributed by atoms with Crippen LogP contribution in [0.15, 0.2) is 39.2 Å². The third kappa shape index (κ3) is 4.09. The van der Waals surface area contributed by atoms with Crippen LogP contribution in [0.25, 0.3) is 11.0 Å². The number of morpholine rings is 1. The van der Waals surface area contributed by atoms with Crippen molar-refractivity contribution in [3.63, 3.8) is 0 Å². The van der Waals surface area contributed by atoms with Crippen LogP contribution in [0.2, 0.25) is 5.02 Å². The zero-order chi connectivity index (χ0) is 19.7. The van der Waals surface area contributed by atoms with Gasteiger partial charge in [0, 0.05) is 41.4 Å². The van der Waals surface area contributed by atoms with Crippen LogP contribution in [0.3, 0.4) is 0 Å². The molecule has 1 saturated heterocycles. The number of furan rings is 2. The summed E-state index contributed by atoms with van der Waals surface area (Å²) >= 11 is 6.29. The van der Waals surface area contributed by atoms with Gasteiger partial charge in [-0.05, 0) is 30.3 Å². The molecular formula is C21H23ClN2O4. The summed E-state index contributed by atoms with van der Waals surface area (Å²) in [7, 11) is 0. The highest BCUT2D eigenvalue weighted by atomic mass is 35.5. The molecule has 0 atom stereocenters. The molecule has 1 N–H and O–H groups in total. The minimum Gasteiger partial charge on any atom is -0.461 e. The average Bonchev–Trinajstić information content (AvgIpc) is 3.29. The topological polar surface area (TPSA) is 67.9 Å². The number of amides is 1. The first kappa shape index (κ1) is 19.1. The largest absolute Gasteiger partial charge is 0.461 e. The summed E-state index contributed by atoms with van der Waals surface area (Å²) in [5, 5.41) is 3.46. The van der Waals surface area contributed by atoms with Gasteiger partial charge in [-0.25, -0.2) is 5.01 Å². The highest BCUT2D eigenvalue weighted by molar-refractivity contribution is 6.31. The lowest BCUT2D eigenvalue weighted by Gasteiger charge is -2.26. The number of hydrogen-bond acceptors (Lipinski definition) is 5. The molecule has 0 aliphatic carbocycles. The smallest absolute Gasteiger partial charge is 0.301 e. The molecule has 6 nitrogen and oxygen atoms in total. The average molecular weight is 403 g/mol. The van der Waals surface area contributed by atoms with E-state index in [1.165, 1.54) is 0 Å². The van der Waals surface area contributed by atoms with Crippen molar-refractivity contribution in [1.29, 1.82) is 0 Å². The number of halogens is 1. The number of benzene rings is 1. The normalized spacial score (nSPS) is 15.4. The zero-order valence-corrected chi connectivity index (χ0v) is 16.7. The summed E-state index contributed by atoms with van der Waals surface area (Å²) in [4.78, 5) is 12.4. The van der Waals surface area contributed by atoms with Crippen LogP contribution >= 0.6 is 11.6 Å². The Bertz CT molecular complexity index is 986. The van der Waals surface area contributed by atoms with E-state index in [4.69, 9.17) is 25.2 Å². The molecule has 3 aromatic rings. The van der Waals surface area contributed by atoms with Crippen molar-refractivity contribution in [3.8, 4) is 0 Å². The predicted molar refractivity (Wildman–Crippen MR) is 107 cm³/mol. The Morgan fingerprint density at radius 3 is 2.71 bits per heavy atom. The van der Waals surface area contributed by atoms with E-state index >= 15 is 0 Å². The lowest BCUT2D eigenvalue weighted by molar-refractivity contribution is 0.0117. The Hall–Kier alpha value is -2.28. The van der Waals surface area contributed by atoms with Gasteiger partial charge in [-0.2, -0.15) is 0 Å². The molecule has 3 heterocycles. The molecule has 0 radical (unpaired) electrons. The second-order valence-corrected chi connectivity index (χ2v) is 7.71. The highest BCUT2D eigenvalue weighted by Gasteiger charge is 2.18. The van der Waals surface area contributed by atoms with Gasteiger partial charge in [0.15, 0.2) is 5.76 Å². The van der Waals surface area contributed by atoms with Crippen LogP contribution in [-0.2, 0) is 11.2 Å². The van der Waals surface area contributed by atoms with Gasteiger partial charge < -0.3 is 13.6 Å². The van der Waals surface area contributed by atoms with Crippen molar-refractivity contribution < 1.29 is 18.4 Å². The first-order chi connectivity index (χ1) is 13.5. The number of ether oxygens (including phenoxy) is 1. The first-order valence-electron chi connectivity index (χ1n) is 9.44. The van der Waals surface area contributed by atoms with E-state index in [1.807, 2.05) is 29.3 Å². The minimum atomic E-state index is -0.260. The highest BCUT2D eigenvalue weighted by Crippen LogP contribution is 2.31. The third-order valence-electron chi connectivity index (χ3n) is 4.77. The van der Waals surface area contributed by atoms with Crippen molar-refractivity contribution in [1.82, 2.24) is 10.4 Å². The van der Waals surface area contributed by atoms with E-state index in [9.17, 15) is 4.79 Å². The number of nitrogens with one attached hydrogen (secondary N) is 1. The van der Waals surface area contributed by atoms with Crippen molar-refractivity contribution in [2.45, 2.75) is 26.2 Å². The van der Waals surface area contributed by atoms with Crippen molar-refractivity contribution in [2.24, 2.45) is 0 Å². The van der Waals surface area contributed by atoms with E-state index in [-0.39, 0.29) is 17.6 Å². The van der Waals surface area contributed by atoms with E-state index in [1.54, 1.807) is 6.07 Å². The summed E-state index contributed by atoms with van der Waals surface area (Å²) < 4.78 is 17.1. The number of rotatable bonds is 5.